The molecule has 0 spiro atoms. The summed E-state index contributed by atoms with van der Waals surface area (Å²) in [6.45, 7) is 0. The Balaban J connectivity index is -0.00000000800. The van der Waals surface area contributed by atoms with Gasteiger partial charge in [0.2, 0.25) is 0 Å². The van der Waals surface area contributed by atoms with Crippen molar-refractivity contribution >= 4 is 12.3 Å². The van der Waals surface area contributed by atoms with Gasteiger partial charge >= 0.3 is 71.4 Å². The van der Waals surface area contributed by atoms with Crippen molar-refractivity contribution in [2.75, 3.05) is 0 Å². The van der Waals surface area contributed by atoms with Crippen LogP contribution in [0.25, 0.3) is 0 Å². The van der Waals surface area contributed by atoms with Crippen molar-refractivity contribution in [1.29, 1.82) is 0 Å². The summed E-state index contributed by atoms with van der Waals surface area (Å²) in [5.74, 6) is 0. The van der Waals surface area contributed by atoms with E-state index in [1.165, 1.54) is 0 Å². The average molecular weight is 237 g/mol. The molecule has 0 aliphatic carbocycles. The SMILES string of the molecule is O=C(O)O.O=C(O)O.[H-].[H-].[Na+].[Na+].[Zn]. The number of hydrogen-bond donors (Lipinski definition) is 4. The fraction of sp³-hybridized carbons (Fsp3) is 0. The number of carbonyl (C=O) groups is 2. The van der Waals surface area contributed by atoms with Crippen LogP contribution in [0, 0.1) is 0 Å². The number of rotatable bonds is 0. The second-order valence-electron chi connectivity index (χ2n) is 0.565. The van der Waals surface area contributed by atoms with Crippen molar-refractivity contribution in [1.82, 2.24) is 0 Å². The summed E-state index contributed by atoms with van der Waals surface area (Å²) in [5.41, 5.74) is 0. The second-order valence-corrected chi connectivity index (χ2v) is 0.565. The molecule has 0 heterocycles. The van der Waals surface area contributed by atoms with Crippen molar-refractivity contribution < 1.29 is 111 Å². The Labute approximate surface area is 122 Å². The van der Waals surface area contributed by atoms with Crippen molar-refractivity contribution in [3.8, 4) is 0 Å². The predicted molar refractivity (Wildman–Crippen MR) is 23.5 cm³/mol. The monoisotopic (exact) mass is 236 g/mol. The van der Waals surface area contributed by atoms with Gasteiger partial charge in [-0.25, -0.2) is 9.59 Å². The molecule has 0 radical (unpaired) electrons. The smallest absolute Gasteiger partial charge is 1.00 e. The Morgan fingerprint density at radius 1 is 0.818 bits per heavy atom. The molecule has 0 aromatic heterocycles. The first-order valence-electron chi connectivity index (χ1n) is 1.30. The molecule has 0 rings (SSSR count). The van der Waals surface area contributed by atoms with Crippen molar-refractivity contribution in [2.24, 2.45) is 0 Å². The summed E-state index contributed by atoms with van der Waals surface area (Å²) in [6.07, 6.45) is -3.67. The van der Waals surface area contributed by atoms with E-state index in [2.05, 4.69) is 0 Å². The van der Waals surface area contributed by atoms with Gasteiger partial charge in [-0.3, -0.25) is 0 Å². The summed E-state index contributed by atoms with van der Waals surface area (Å²) in [5, 5.41) is 27.9. The van der Waals surface area contributed by atoms with E-state index >= 15 is 0 Å². The third-order valence-electron chi connectivity index (χ3n) is 0. The fourth-order valence-electron chi connectivity index (χ4n) is 0. The van der Waals surface area contributed by atoms with Crippen LogP contribution >= 0.6 is 0 Å². The molecule has 0 saturated carbocycles. The Hall–Kier alpha value is 1.16. The minimum Gasteiger partial charge on any atom is -1.00 e. The minimum atomic E-state index is -1.83. The Bertz CT molecular complexity index is 84.6. The molecule has 0 unspecified atom stereocenters. The molecule has 0 atom stereocenters. The van der Waals surface area contributed by atoms with Gasteiger partial charge in [0.25, 0.3) is 0 Å². The molecule has 0 aromatic carbocycles. The van der Waals surface area contributed by atoms with Crippen LogP contribution in [0.4, 0.5) is 9.59 Å². The van der Waals surface area contributed by atoms with Gasteiger partial charge in [-0.1, -0.05) is 0 Å². The van der Waals surface area contributed by atoms with E-state index in [1.54, 1.807) is 0 Å². The molecule has 0 saturated heterocycles. The molecule has 0 aromatic rings. The third kappa shape index (κ3) is 693. The molecule has 6 nitrogen and oxygen atoms in total. The van der Waals surface area contributed by atoms with Gasteiger partial charge in [0.05, 0.1) is 0 Å². The summed E-state index contributed by atoms with van der Waals surface area (Å²) in [7, 11) is 0. The van der Waals surface area contributed by atoms with Crippen LogP contribution in [0.2, 0.25) is 0 Å². The van der Waals surface area contributed by atoms with Crippen molar-refractivity contribution in [3.63, 3.8) is 0 Å². The maximum atomic E-state index is 8.56. The average Bonchev–Trinajstić information content (AvgIpc) is 1.25. The van der Waals surface area contributed by atoms with Gasteiger partial charge in [-0.15, -0.1) is 0 Å². The van der Waals surface area contributed by atoms with E-state index in [9.17, 15) is 0 Å². The summed E-state index contributed by atoms with van der Waals surface area (Å²) >= 11 is 0. The number of carboxylic acid groups (broad SMARTS) is 4. The molecule has 0 aliphatic rings. The van der Waals surface area contributed by atoms with Crippen LogP contribution in [0.1, 0.15) is 2.85 Å². The van der Waals surface area contributed by atoms with E-state index in [0.29, 0.717) is 0 Å². The van der Waals surface area contributed by atoms with Crippen LogP contribution in [0.5, 0.6) is 0 Å². The van der Waals surface area contributed by atoms with Crippen LogP contribution in [-0.2, 0) is 19.5 Å². The Morgan fingerprint density at radius 2 is 0.818 bits per heavy atom. The quantitative estimate of drug-likeness (QED) is 0.313. The third-order valence-corrected chi connectivity index (χ3v) is 0. The first-order chi connectivity index (χ1) is 3.46. The second kappa shape index (κ2) is 22.5. The van der Waals surface area contributed by atoms with Gasteiger partial charge in [-0.2, -0.15) is 0 Å². The zero-order valence-electron chi connectivity index (χ0n) is 8.31. The molecular formula is C2H6Na2O6Zn. The van der Waals surface area contributed by atoms with E-state index in [4.69, 9.17) is 30.0 Å². The van der Waals surface area contributed by atoms with Crippen molar-refractivity contribution in [2.45, 2.75) is 0 Å². The Kier molecular flexibility index (Phi) is 60.3. The molecular weight excluding hydrogens is 231 g/mol. The molecule has 0 fully saturated rings. The van der Waals surface area contributed by atoms with Gasteiger partial charge < -0.3 is 23.3 Å². The van der Waals surface area contributed by atoms with Crippen LogP contribution in [0.3, 0.4) is 0 Å². The van der Waals surface area contributed by atoms with E-state index in [0.717, 1.165) is 0 Å². The first kappa shape index (κ1) is 29.5. The maximum Gasteiger partial charge on any atom is 1.00 e. The normalized spacial score (nSPS) is 4.36. The summed E-state index contributed by atoms with van der Waals surface area (Å²) < 4.78 is 0. The van der Waals surface area contributed by atoms with E-state index < -0.39 is 12.3 Å². The van der Waals surface area contributed by atoms with Gasteiger partial charge in [0.15, 0.2) is 0 Å². The maximum absolute atomic E-state index is 8.56. The largest absolute Gasteiger partial charge is 1.00 e. The molecule has 11 heavy (non-hydrogen) atoms. The predicted octanol–water partition coefficient (Wildman–Crippen LogP) is -5.32. The molecule has 9 heteroatoms. The molecule has 0 aliphatic heterocycles. The summed E-state index contributed by atoms with van der Waals surface area (Å²) in [6, 6.07) is 0. The topological polar surface area (TPSA) is 115 Å². The zero-order chi connectivity index (χ0) is 7.15. The van der Waals surface area contributed by atoms with Crippen LogP contribution in [0.15, 0.2) is 0 Å². The van der Waals surface area contributed by atoms with E-state index in [-0.39, 0.29) is 81.4 Å². The van der Waals surface area contributed by atoms with E-state index in [1.807, 2.05) is 0 Å². The van der Waals surface area contributed by atoms with Gasteiger partial charge in [0, 0.05) is 19.5 Å². The molecule has 54 valence electrons. The minimum absolute atomic E-state index is 0. The zero-order valence-corrected chi connectivity index (χ0v) is 13.3. The van der Waals surface area contributed by atoms with Crippen molar-refractivity contribution in [3.05, 3.63) is 0 Å². The number of hydrogen-bond acceptors (Lipinski definition) is 2. The standard InChI is InChI=1S/2CH2O3.2Na.Zn.2H/c2*2-1(3)4;;;;;/h2*(H2,2,3,4);;;;;/q;;2*+1;;2*-1. The Morgan fingerprint density at radius 3 is 0.818 bits per heavy atom. The molecule has 4 N–H and O–H groups in total. The molecule has 0 amide bonds. The first-order valence-corrected chi connectivity index (χ1v) is 1.30. The fourth-order valence-corrected chi connectivity index (χ4v) is 0. The summed E-state index contributed by atoms with van der Waals surface area (Å²) in [4.78, 5) is 17.1. The van der Waals surface area contributed by atoms with Crippen LogP contribution in [-0.4, -0.2) is 32.7 Å². The van der Waals surface area contributed by atoms with Crippen LogP contribution < -0.4 is 59.1 Å². The van der Waals surface area contributed by atoms with Gasteiger partial charge in [-0.05, 0) is 0 Å². The van der Waals surface area contributed by atoms with Gasteiger partial charge in [0.1, 0.15) is 0 Å². The molecule has 0 bridgehead atoms.